The summed E-state index contributed by atoms with van der Waals surface area (Å²) < 4.78 is 33.4. The minimum absolute atomic E-state index is 0.124. The van der Waals surface area contributed by atoms with Crippen molar-refractivity contribution in [3.05, 3.63) is 168 Å². The van der Waals surface area contributed by atoms with Gasteiger partial charge in [0.1, 0.15) is 17.4 Å². The van der Waals surface area contributed by atoms with Crippen LogP contribution in [-0.4, -0.2) is 30.9 Å². The SMILES string of the molecule is CC(=O)Nc1cccc(-c2cnc(-c3cc(C)c(F)c(-c4cc(-c5cc(-c6cccc(O)c6)cnc5-c5ccc(F)c(C)c5)cc5scnc45)c3)c(-c3ccc4ncsc4c3)c2)c1. The number of pyridine rings is 2. The highest BCUT2D eigenvalue weighted by Gasteiger charge is 2.22. The smallest absolute Gasteiger partial charge is 0.221 e. The summed E-state index contributed by atoms with van der Waals surface area (Å²) in [7, 11) is 0. The molecule has 10 aromatic rings. The van der Waals surface area contributed by atoms with Crippen LogP contribution in [0.1, 0.15) is 18.1 Å². The van der Waals surface area contributed by atoms with Crippen LogP contribution in [0, 0.1) is 25.5 Å². The van der Waals surface area contributed by atoms with Crippen LogP contribution in [0.25, 0.3) is 98.6 Å². The lowest BCUT2D eigenvalue weighted by Gasteiger charge is -2.17. The lowest BCUT2D eigenvalue weighted by molar-refractivity contribution is -0.114. The maximum absolute atomic E-state index is 16.9. The Morgan fingerprint density at radius 3 is 1.95 bits per heavy atom. The molecule has 2 N–H and O–H groups in total. The number of thiazole rings is 2. The third-order valence-corrected chi connectivity index (χ3v) is 12.7. The number of amides is 1. The molecule has 0 saturated carbocycles. The predicted octanol–water partition coefficient (Wildman–Crippen LogP) is 13.9. The minimum atomic E-state index is -0.384. The zero-order valence-electron chi connectivity index (χ0n) is 34.1. The number of aryl methyl sites for hydroxylation is 2. The van der Waals surface area contributed by atoms with Gasteiger partial charge in [-0.3, -0.25) is 14.8 Å². The van der Waals surface area contributed by atoms with Gasteiger partial charge in [0.2, 0.25) is 5.91 Å². The van der Waals surface area contributed by atoms with Crippen molar-refractivity contribution < 1.29 is 18.7 Å². The van der Waals surface area contributed by atoms with Gasteiger partial charge in [0, 0.05) is 69.5 Å². The molecule has 4 aromatic heterocycles. The van der Waals surface area contributed by atoms with Crippen LogP contribution >= 0.6 is 22.7 Å². The maximum Gasteiger partial charge on any atom is 0.221 e. The average Bonchev–Trinajstić information content (AvgIpc) is 3.97. The Morgan fingerprint density at radius 2 is 1.19 bits per heavy atom. The highest BCUT2D eigenvalue weighted by Crippen LogP contribution is 2.44. The Balaban J connectivity index is 1.17. The van der Waals surface area contributed by atoms with Crippen LogP contribution < -0.4 is 5.32 Å². The second-order valence-corrected chi connectivity index (χ2v) is 17.2. The van der Waals surface area contributed by atoms with Crippen LogP contribution in [0.5, 0.6) is 5.75 Å². The number of carbonyl (C=O) groups is 1. The van der Waals surface area contributed by atoms with E-state index >= 15 is 4.39 Å². The third-order valence-electron chi connectivity index (χ3n) is 11.1. The summed E-state index contributed by atoms with van der Waals surface area (Å²) in [6.07, 6.45) is 3.55. The second-order valence-electron chi connectivity index (χ2n) is 15.4. The van der Waals surface area contributed by atoms with Crippen molar-refractivity contribution in [1.82, 2.24) is 19.9 Å². The van der Waals surface area contributed by atoms with Crippen molar-refractivity contribution in [1.29, 1.82) is 0 Å². The van der Waals surface area contributed by atoms with E-state index in [9.17, 15) is 14.3 Å². The van der Waals surface area contributed by atoms with Crippen molar-refractivity contribution in [3.63, 3.8) is 0 Å². The van der Waals surface area contributed by atoms with E-state index in [0.29, 0.717) is 50.4 Å². The van der Waals surface area contributed by atoms with Gasteiger partial charge in [0.25, 0.3) is 0 Å². The molecule has 0 atom stereocenters. The standard InChI is InChI=1S/C52H35F2N5O2S2/c1-28-14-34(10-12-45(28)53)50-42(21-38(25-55-50)32-7-5-9-40(61)17-32)35-18-44(52-48(23-35)63-27-58-52)43-19-36(15-29(2)49(43)54)51-41(33-11-13-46-47(22-33)62-26-57-46)20-37(24-56-51)31-6-4-8-39(16-31)59-30(3)60/h4-27,61H,1-3H3,(H,59,60). The molecule has 0 fully saturated rings. The monoisotopic (exact) mass is 863 g/mol. The third kappa shape index (κ3) is 7.62. The fourth-order valence-electron chi connectivity index (χ4n) is 8.06. The first kappa shape index (κ1) is 39.7. The maximum atomic E-state index is 16.9. The van der Waals surface area contributed by atoms with Crippen molar-refractivity contribution >= 4 is 54.7 Å². The number of benzene rings is 6. The number of nitrogens with zero attached hydrogens (tertiary/aromatic N) is 4. The molecule has 0 aliphatic heterocycles. The molecule has 0 unspecified atom stereocenters. The van der Waals surface area contributed by atoms with Gasteiger partial charge in [0.15, 0.2) is 0 Å². The molecule has 0 radical (unpaired) electrons. The number of rotatable bonds is 8. The summed E-state index contributed by atoms with van der Waals surface area (Å²) in [6, 6.07) is 37.4. The summed E-state index contributed by atoms with van der Waals surface area (Å²) in [5.74, 6) is -0.739. The number of aromatic nitrogens is 4. The summed E-state index contributed by atoms with van der Waals surface area (Å²) in [5.41, 5.74) is 16.9. The van der Waals surface area contributed by atoms with Gasteiger partial charge in [-0.15, -0.1) is 22.7 Å². The fraction of sp³-hybridized carbons (Fsp3) is 0.0577. The number of hydrogen-bond acceptors (Lipinski definition) is 8. The van der Waals surface area contributed by atoms with E-state index in [1.165, 1.54) is 24.3 Å². The van der Waals surface area contributed by atoms with Gasteiger partial charge in [-0.05, 0) is 138 Å². The predicted molar refractivity (Wildman–Crippen MR) is 252 cm³/mol. The summed E-state index contributed by atoms with van der Waals surface area (Å²) >= 11 is 3.01. The molecular formula is C52H35F2N5O2S2. The molecule has 0 aliphatic rings. The van der Waals surface area contributed by atoms with Gasteiger partial charge >= 0.3 is 0 Å². The number of phenolic OH excluding ortho intramolecular Hbond substituents is 1. The molecule has 10 rings (SSSR count). The number of aromatic hydroxyl groups is 1. The molecular weight excluding hydrogens is 829 g/mol. The lowest BCUT2D eigenvalue weighted by atomic mass is 9.90. The summed E-state index contributed by atoms with van der Waals surface area (Å²) in [5, 5.41) is 13.2. The van der Waals surface area contributed by atoms with Gasteiger partial charge in [-0.25, -0.2) is 18.7 Å². The normalized spacial score (nSPS) is 11.4. The van der Waals surface area contributed by atoms with E-state index < -0.39 is 0 Å². The number of nitrogens with one attached hydrogen (secondary N) is 1. The number of halogens is 2. The highest BCUT2D eigenvalue weighted by molar-refractivity contribution is 7.17. The molecule has 0 saturated heterocycles. The van der Waals surface area contributed by atoms with Crippen LogP contribution in [0.3, 0.4) is 0 Å². The number of carbonyl (C=O) groups excluding carboxylic acids is 1. The van der Waals surface area contributed by atoms with Crippen molar-refractivity contribution in [2.45, 2.75) is 20.8 Å². The molecule has 63 heavy (non-hydrogen) atoms. The quantitative estimate of drug-likeness (QED) is 0.158. The first-order valence-electron chi connectivity index (χ1n) is 20.0. The number of fused-ring (bicyclic) bond motifs is 2. The molecule has 6 aromatic carbocycles. The van der Waals surface area contributed by atoms with Crippen molar-refractivity contribution in [3.8, 4) is 83.9 Å². The minimum Gasteiger partial charge on any atom is -0.508 e. The van der Waals surface area contributed by atoms with Crippen molar-refractivity contribution in [2.24, 2.45) is 0 Å². The average molecular weight is 864 g/mol. The van der Waals surface area contributed by atoms with Crippen molar-refractivity contribution in [2.75, 3.05) is 5.32 Å². The molecule has 0 aliphatic carbocycles. The highest BCUT2D eigenvalue weighted by atomic mass is 32.1. The van der Waals surface area contributed by atoms with Crippen LogP contribution in [0.4, 0.5) is 14.5 Å². The Labute approximate surface area is 369 Å². The lowest BCUT2D eigenvalue weighted by Crippen LogP contribution is -2.05. The fourth-order valence-corrected chi connectivity index (χ4v) is 9.51. The molecule has 1 amide bonds. The van der Waals surface area contributed by atoms with Gasteiger partial charge in [-0.1, -0.05) is 30.3 Å². The molecule has 11 heteroatoms. The van der Waals surface area contributed by atoms with Crippen LogP contribution in [0.2, 0.25) is 0 Å². The molecule has 0 bridgehead atoms. The largest absolute Gasteiger partial charge is 0.508 e. The Kier molecular flexibility index (Phi) is 10.1. The molecule has 0 spiro atoms. The van der Waals surface area contributed by atoms with E-state index in [4.69, 9.17) is 15.0 Å². The van der Waals surface area contributed by atoms with E-state index in [2.05, 4.69) is 22.4 Å². The molecule has 7 nitrogen and oxygen atoms in total. The summed E-state index contributed by atoms with van der Waals surface area (Å²) in [6.45, 7) is 4.95. The Morgan fingerprint density at radius 1 is 0.556 bits per heavy atom. The van der Waals surface area contributed by atoms with E-state index in [1.807, 2.05) is 78.3 Å². The number of hydrogen-bond donors (Lipinski definition) is 2. The van der Waals surface area contributed by atoms with Crippen LogP contribution in [-0.2, 0) is 4.79 Å². The van der Waals surface area contributed by atoms with Gasteiger partial charge in [-0.2, -0.15) is 0 Å². The number of phenols is 1. The first-order valence-corrected chi connectivity index (χ1v) is 21.8. The van der Waals surface area contributed by atoms with Crippen LogP contribution in [0.15, 0.2) is 145 Å². The van der Waals surface area contributed by atoms with Gasteiger partial charge < -0.3 is 10.4 Å². The van der Waals surface area contributed by atoms with E-state index in [-0.39, 0.29) is 23.3 Å². The molecule has 4 heterocycles. The first-order chi connectivity index (χ1) is 30.6. The zero-order chi connectivity index (χ0) is 43.4. The van der Waals surface area contributed by atoms with Gasteiger partial charge in [0.05, 0.1) is 42.8 Å². The second kappa shape index (κ2) is 16.1. The summed E-state index contributed by atoms with van der Waals surface area (Å²) in [4.78, 5) is 31.2. The zero-order valence-corrected chi connectivity index (χ0v) is 35.7. The van der Waals surface area contributed by atoms with E-state index in [1.54, 1.807) is 73.4 Å². The Bertz CT molecular complexity index is 3450. The van der Waals surface area contributed by atoms with E-state index in [0.717, 1.165) is 65.0 Å². The Hall–Kier alpha value is -7.47. The molecule has 306 valence electrons. The number of anilines is 1. The topological polar surface area (TPSA) is 101 Å².